The summed E-state index contributed by atoms with van der Waals surface area (Å²) in [6, 6.07) is 3.52. The largest absolute Gasteiger partial charge is 0.330 e. The minimum absolute atomic E-state index is 0.416. The van der Waals surface area contributed by atoms with Crippen molar-refractivity contribution in [3.63, 3.8) is 0 Å². The Kier molecular flexibility index (Phi) is 5.58. The van der Waals surface area contributed by atoms with Crippen LogP contribution >= 0.6 is 11.3 Å². The van der Waals surface area contributed by atoms with Crippen LogP contribution in [0.15, 0.2) is 16.3 Å². The molecule has 98 valence electrons. The van der Waals surface area contributed by atoms with E-state index in [0.29, 0.717) is 17.3 Å². The molecule has 0 aromatic carbocycles. The average molecular weight is 276 g/mol. The van der Waals surface area contributed by atoms with Gasteiger partial charge < -0.3 is 5.73 Å². The molecule has 1 aromatic rings. The molecule has 0 bridgehead atoms. The lowest BCUT2D eigenvalue weighted by molar-refractivity contribution is 0.461. The molecule has 4 nitrogen and oxygen atoms in total. The maximum atomic E-state index is 12.2. The summed E-state index contributed by atoms with van der Waals surface area (Å²) in [6.07, 6.45) is 2.61. The first-order chi connectivity index (χ1) is 8.02. The number of thiophene rings is 1. The monoisotopic (exact) mass is 276 g/mol. The molecule has 0 fully saturated rings. The van der Waals surface area contributed by atoms with Gasteiger partial charge in [0, 0.05) is 18.5 Å². The summed E-state index contributed by atoms with van der Waals surface area (Å²) < 4.78 is 26.2. The Hall–Kier alpha value is -0.430. The van der Waals surface area contributed by atoms with Crippen LogP contribution in [0.1, 0.15) is 24.6 Å². The molecule has 6 heteroatoms. The highest BCUT2D eigenvalue weighted by atomic mass is 32.2. The van der Waals surface area contributed by atoms with Gasteiger partial charge in [0.1, 0.15) is 4.21 Å². The summed E-state index contributed by atoms with van der Waals surface area (Å²) in [4.78, 5) is 1.02. The van der Waals surface area contributed by atoms with E-state index in [1.54, 1.807) is 13.1 Å². The number of rotatable bonds is 7. The van der Waals surface area contributed by atoms with Crippen LogP contribution in [0.4, 0.5) is 0 Å². The van der Waals surface area contributed by atoms with Crippen molar-refractivity contribution < 1.29 is 8.42 Å². The molecular formula is C11H20N2O2S2. The van der Waals surface area contributed by atoms with Crippen LogP contribution in [0.5, 0.6) is 0 Å². The Balaban J connectivity index is 2.81. The summed E-state index contributed by atoms with van der Waals surface area (Å²) in [5.74, 6) is 0. The number of hydrogen-bond acceptors (Lipinski definition) is 4. The van der Waals surface area contributed by atoms with Crippen LogP contribution < -0.4 is 5.73 Å². The first kappa shape index (κ1) is 14.6. The van der Waals surface area contributed by atoms with E-state index < -0.39 is 10.0 Å². The molecule has 0 saturated heterocycles. The van der Waals surface area contributed by atoms with Crippen LogP contribution in [-0.4, -0.2) is 32.9 Å². The summed E-state index contributed by atoms with van der Waals surface area (Å²) >= 11 is 1.32. The van der Waals surface area contributed by atoms with Gasteiger partial charge in [0.05, 0.1) is 0 Å². The zero-order chi connectivity index (χ0) is 12.9. The molecule has 0 aliphatic rings. The molecule has 0 radical (unpaired) electrons. The van der Waals surface area contributed by atoms with Gasteiger partial charge in [-0.3, -0.25) is 0 Å². The zero-order valence-electron chi connectivity index (χ0n) is 10.3. The first-order valence-corrected chi connectivity index (χ1v) is 8.03. The topological polar surface area (TPSA) is 63.4 Å². The van der Waals surface area contributed by atoms with Crippen LogP contribution in [0.2, 0.25) is 0 Å². The van der Waals surface area contributed by atoms with Crippen molar-refractivity contribution in [2.45, 2.75) is 30.4 Å². The highest BCUT2D eigenvalue weighted by Crippen LogP contribution is 2.24. The third-order valence-electron chi connectivity index (χ3n) is 2.52. The first-order valence-electron chi connectivity index (χ1n) is 5.77. The number of unbranched alkanes of at least 4 members (excludes halogenated alkanes) is 1. The average Bonchev–Trinajstić information content (AvgIpc) is 2.75. The fraction of sp³-hybridized carbons (Fsp3) is 0.636. The number of nitrogens with zero attached hydrogens (tertiary/aromatic N) is 1. The maximum absolute atomic E-state index is 12.2. The summed E-state index contributed by atoms with van der Waals surface area (Å²) in [5, 5.41) is 0. The van der Waals surface area contributed by atoms with Gasteiger partial charge in [0.25, 0.3) is 10.0 Å². The van der Waals surface area contributed by atoms with Gasteiger partial charge in [0.2, 0.25) is 0 Å². The second kappa shape index (κ2) is 6.49. The molecule has 0 amide bonds. The zero-order valence-corrected chi connectivity index (χ0v) is 12.0. The Morgan fingerprint density at radius 2 is 2.12 bits per heavy atom. The van der Waals surface area contributed by atoms with E-state index in [0.717, 1.165) is 24.1 Å². The molecule has 2 N–H and O–H groups in total. The van der Waals surface area contributed by atoms with Gasteiger partial charge in [-0.25, -0.2) is 12.7 Å². The lowest BCUT2D eigenvalue weighted by Crippen LogP contribution is -2.27. The fourth-order valence-corrected chi connectivity index (χ4v) is 4.22. The van der Waals surface area contributed by atoms with Crippen LogP contribution in [0, 0.1) is 0 Å². The highest BCUT2D eigenvalue weighted by Gasteiger charge is 2.21. The second-order valence-electron chi connectivity index (χ2n) is 3.94. The standard InChI is InChI=1S/C11H20N2O2S2/c1-3-4-9-13(2)17(14,15)11-6-5-10(16-11)7-8-12/h5-6H,3-4,7-9,12H2,1-2H3. The number of nitrogens with two attached hydrogens (primary N) is 1. The third-order valence-corrected chi connectivity index (χ3v) is 5.99. The molecule has 0 aliphatic carbocycles. The van der Waals surface area contributed by atoms with Crippen molar-refractivity contribution in [3.8, 4) is 0 Å². The van der Waals surface area contributed by atoms with Crippen LogP contribution in [0.25, 0.3) is 0 Å². The summed E-state index contributed by atoms with van der Waals surface area (Å²) in [7, 11) is -1.67. The van der Waals surface area contributed by atoms with E-state index in [1.807, 2.05) is 13.0 Å². The van der Waals surface area contributed by atoms with Gasteiger partial charge in [-0.2, -0.15) is 0 Å². The highest BCUT2D eigenvalue weighted by molar-refractivity contribution is 7.91. The Bertz CT molecular complexity index is 440. The van der Waals surface area contributed by atoms with E-state index in [1.165, 1.54) is 15.6 Å². The predicted molar refractivity (Wildman–Crippen MR) is 71.8 cm³/mol. The van der Waals surface area contributed by atoms with Gasteiger partial charge in [0.15, 0.2) is 0 Å². The molecule has 0 aliphatic heterocycles. The van der Waals surface area contributed by atoms with Crippen molar-refractivity contribution in [1.82, 2.24) is 4.31 Å². The SMILES string of the molecule is CCCCN(C)S(=O)(=O)c1ccc(CCN)s1. The van der Waals surface area contributed by atoms with Crippen molar-refractivity contribution in [1.29, 1.82) is 0 Å². The smallest absolute Gasteiger partial charge is 0.252 e. The molecule has 0 saturated carbocycles. The second-order valence-corrected chi connectivity index (χ2v) is 7.38. The van der Waals surface area contributed by atoms with E-state index in [4.69, 9.17) is 5.73 Å². The lowest BCUT2D eigenvalue weighted by Gasteiger charge is -2.15. The van der Waals surface area contributed by atoms with E-state index in [2.05, 4.69) is 0 Å². The Labute approximate surface area is 107 Å². The molecule has 1 rings (SSSR count). The quantitative estimate of drug-likeness (QED) is 0.824. The van der Waals surface area contributed by atoms with Gasteiger partial charge >= 0.3 is 0 Å². The Morgan fingerprint density at radius 1 is 1.41 bits per heavy atom. The lowest BCUT2D eigenvalue weighted by atomic mass is 10.3. The van der Waals surface area contributed by atoms with Crippen molar-refractivity contribution in [2.24, 2.45) is 5.73 Å². The number of hydrogen-bond donors (Lipinski definition) is 1. The molecule has 0 spiro atoms. The number of sulfonamides is 1. The van der Waals surface area contributed by atoms with E-state index in [-0.39, 0.29) is 0 Å². The summed E-state index contributed by atoms with van der Waals surface area (Å²) in [5.41, 5.74) is 5.45. The predicted octanol–water partition coefficient (Wildman–Crippen LogP) is 1.67. The van der Waals surface area contributed by atoms with E-state index in [9.17, 15) is 8.42 Å². The molecule has 1 heterocycles. The Morgan fingerprint density at radius 3 is 2.71 bits per heavy atom. The van der Waals surface area contributed by atoms with E-state index >= 15 is 0 Å². The van der Waals surface area contributed by atoms with Gasteiger partial charge in [-0.05, 0) is 31.5 Å². The van der Waals surface area contributed by atoms with Gasteiger partial charge in [-0.1, -0.05) is 13.3 Å². The van der Waals surface area contributed by atoms with Crippen LogP contribution in [0.3, 0.4) is 0 Å². The minimum atomic E-state index is -3.30. The molecule has 1 aromatic heterocycles. The summed E-state index contributed by atoms with van der Waals surface area (Å²) in [6.45, 7) is 3.17. The van der Waals surface area contributed by atoms with Gasteiger partial charge in [-0.15, -0.1) is 11.3 Å². The molecular weight excluding hydrogens is 256 g/mol. The normalized spacial score (nSPS) is 12.2. The fourth-order valence-electron chi connectivity index (χ4n) is 1.43. The van der Waals surface area contributed by atoms with Crippen molar-refractivity contribution in [2.75, 3.05) is 20.1 Å². The third kappa shape index (κ3) is 3.77. The molecule has 0 atom stereocenters. The molecule has 0 unspecified atom stereocenters. The van der Waals surface area contributed by atoms with Crippen molar-refractivity contribution in [3.05, 3.63) is 17.0 Å². The van der Waals surface area contributed by atoms with Crippen molar-refractivity contribution >= 4 is 21.4 Å². The van der Waals surface area contributed by atoms with Crippen LogP contribution in [-0.2, 0) is 16.4 Å². The molecule has 17 heavy (non-hydrogen) atoms. The maximum Gasteiger partial charge on any atom is 0.252 e. The minimum Gasteiger partial charge on any atom is -0.330 e.